The van der Waals surface area contributed by atoms with E-state index in [1.165, 1.54) is 5.56 Å². The van der Waals surface area contributed by atoms with Crippen molar-refractivity contribution < 1.29 is 14.3 Å². The molecule has 192 valence electrons. The third kappa shape index (κ3) is 5.89. The number of nitrogens with zero attached hydrogens (tertiary/aromatic N) is 1. The van der Waals surface area contributed by atoms with Crippen LogP contribution in [0.25, 0.3) is 0 Å². The van der Waals surface area contributed by atoms with Gasteiger partial charge in [0, 0.05) is 23.2 Å². The molecular weight excluding hydrogens is 484 g/mol. The second-order valence-corrected chi connectivity index (χ2v) is 10.4. The Morgan fingerprint density at radius 3 is 2.38 bits per heavy atom. The number of benzene rings is 3. The van der Waals surface area contributed by atoms with E-state index >= 15 is 0 Å². The number of amides is 2. The SMILES string of the molecule is O=C(NCCc1ccccc1)[C@@H]1c2ccccc2C(=O)N(C2CCCC2)[C@H]1COCc1ccc(Cl)cc1. The summed E-state index contributed by atoms with van der Waals surface area (Å²) in [5.41, 5.74) is 3.60. The number of halogens is 1. The predicted molar refractivity (Wildman–Crippen MR) is 146 cm³/mol. The van der Waals surface area contributed by atoms with Crippen molar-refractivity contribution in [3.05, 3.63) is 106 Å². The van der Waals surface area contributed by atoms with Gasteiger partial charge in [-0.05, 0) is 54.2 Å². The van der Waals surface area contributed by atoms with Crippen LogP contribution < -0.4 is 5.32 Å². The van der Waals surface area contributed by atoms with Crippen LogP contribution in [0, 0.1) is 0 Å². The summed E-state index contributed by atoms with van der Waals surface area (Å²) in [6.07, 6.45) is 4.88. The van der Waals surface area contributed by atoms with Crippen LogP contribution in [0.5, 0.6) is 0 Å². The van der Waals surface area contributed by atoms with E-state index < -0.39 is 5.92 Å². The summed E-state index contributed by atoms with van der Waals surface area (Å²) >= 11 is 6.03. The third-order valence-corrected chi connectivity index (χ3v) is 7.78. The summed E-state index contributed by atoms with van der Waals surface area (Å²) in [5, 5.41) is 3.84. The fourth-order valence-corrected chi connectivity index (χ4v) is 5.82. The standard InChI is InChI=1S/C31H33ClN2O3/c32-24-16-14-23(15-17-24)20-37-21-28-29(30(35)33-19-18-22-8-2-1-3-9-22)26-12-6-7-13-27(26)31(36)34(28)25-10-4-5-11-25/h1-3,6-9,12-17,25,28-29H,4-5,10-11,18-21H2,(H,33,35)/t28-,29+/m0/s1. The highest BCUT2D eigenvalue weighted by molar-refractivity contribution is 6.30. The lowest BCUT2D eigenvalue weighted by Gasteiger charge is -2.44. The van der Waals surface area contributed by atoms with E-state index in [4.69, 9.17) is 16.3 Å². The second kappa shape index (κ2) is 11.9. The van der Waals surface area contributed by atoms with Gasteiger partial charge in [-0.1, -0.05) is 85.1 Å². The smallest absolute Gasteiger partial charge is 0.254 e. The van der Waals surface area contributed by atoms with E-state index in [1.807, 2.05) is 71.6 Å². The van der Waals surface area contributed by atoms with Crippen LogP contribution >= 0.6 is 11.6 Å². The van der Waals surface area contributed by atoms with Gasteiger partial charge in [0.1, 0.15) is 0 Å². The average molecular weight is 517 g/mol. The molecule has 5 rings (SSSR count). The Hall–Kier alpha value is -3.15. The summed E-state index contributed by atoms with van der Waals surface area (Å²) in [4.78, 5) is 29.5. The van der Waals surface area contributed by atoms with E-state index in [9.17, 15) is 9.59 Å². The van der Waals surface area contributed by atoms with Crippen molar-refractivity contribution in [2.75, 3.05) is 13.2 Å². The van der Waals surface area contributed by atoms with Gasteiger partial charge in [-0.15, -0.1) is 0 Å². The minimum absolute atomic E-state index is 0.0101. The first kappa shape index (κ1) is 25.5. The number of ether oxygens (including phenoxy) is 1. The Morgan fingerprint density at radius 2 is 1.62 bits per heavy atom. The molecule has 0 unspecified atom stereocenters. The zero-order valence-corrected chi connectivity index (χ0v) is 21.7. The molecule has 1 aliphatic carbocycles. The van der Waals surface area contributed by atoms with Gasteiger partial charge in [-0.2, -0.15) is 0 Å². The molecule has 0 spiro atoms. The highest BCUT2D eigenvalue weighted by Crippen LogP contribution is 2.38. The van der Waals surface area contributed by atoms with E-state index in [-0.39, 0.29) is 30.5 Å². The van der Waals surface area contributed by atoms with Crippen LogP contribution in [0.2, 0.25) is 5.02 Å². The lowest BCUT2D eigenvalue weighted by atomic mass is 9.81. The molecule has 0 bridgehead atoms. The monoisotopic (exact) mass is 516 g/mol. The van der Waals surface area contributed by atoms with Crippen molar-refractivity contribution >= 4 is 23.4 Å². The van der Waals surface area contributed by atoms with Crippen molar-refractivity contribution in [3.8, 4) is 0 Å². The highest BCUT2D eigenvalue weighted by atomic mass is 35.5. The van der Waals surface area contributed by atoms with Crippen molar-refractivity contribution in [2.45, 2.75) is 56.7 Å². The van der Waals surface area contributed by atoms with Crippen LogP contribution in [0.4, 0.5) is 0 Å². The maximum atomic E-state index is 13.8. The molecule has 2 amide bonds. The zero-order chi connectivity index (χ0) is 25.6. The molecule has 0 aromatic heterocycles. The number of nitrogens with one attached hydrogen (secondary N) is 1. The zero-order valence-electron chi connectivity index (χ0n) is 20.9. The Morgan fingerprint density at radius 1 is 0.919 bits per heavy atom. The van der Waals surface area contributed by atoms with E-state index in [1.54, 1.807) is 0 Å². The minimum Gasteiger partial charge on any atom is -0.375 e. The van der Waals surface area contributed by atoms with Gasteiger partial charge in [0.15, 0.2) is 0 Å². The van der Waals surface area contributed by atoms with Crippen molar-refractivity contribution in [2.24, 2.45) is 0 Å². The second-order valence-electron chi connectivity index (χ2n) is 9.95. The van der Waals surface area contributed by atoms with E-state index in [2.05, 4.69) is 17.4 Å². The van der Waals surface area contributed by atoms with E-state index in [0.29, 0.717) is 23.7 Å². The first-order valence-corrected chi connectivity index (χ1v) is 13.5. The summed E-state index contributed by atoms with van der Waals surface area (Å²) in [6, 6.07) is 25.0. The van der Waals surface area contributed by atoms with Crippen molar-refractivity contribution in [1.82, 2.24) is 10.2 Å². The summed E-state index contributed by atoms with van der Waals surface area (Å²) in [5.74, 6) is -0.537. The normalized spacial score (nSPS) is 19.6. The van der Waals surface area contributed by atoms with Gasteiger partial charge in [0.25, 0.3) is 5.91 Å². The third-order valence-electron chi connectivity index (χ3n) is 7.53. The van der Waals surface area contributed by atoms with Crippen molar-refractivity contribution in [1.29, 1.82) is 0 Å². The Balaban J connectivity index is 1.39. The number of rotatable bonds is 9. The molecule has 2 aliphatic rings. The van der Waals surface area contributed by atoms with Crippen LogP contribution in [-0.2, 0) is 22.6 Å². The molecule has 1 aliphatic heterocycles. The number of fused-ring (bicyclic) bond motifs is 1. The summed E-state index contributed by atoms with van der Waals surface area (Å²) < 4.78 is 6.19. The molecule has 6 heteroatoms. The lowest BCUT2D eigenvalue weighted by molar-refractivity contribution is -0.125. The number of hydrogen-bond acceptors (Lipinski definition) is 3. The molecule has 1 heterocycles. The Bertz CT molecular complexity index is 1210. The minimum atomic E-state index is -0.490. The molecule has 2 atom stereocenters. The number of carbonyl (C=O) groups is 2. The van der Waals surface area contributed by atoms with Gasteiger partial charge in [-0.3, -0.25) is 9.59 Å². The molecule has 5 nitrogen and oxygen atoms in total. The molecular formula is C31H33ClN2O3. The number of carbonyl (C=O) groups excluding carboxylic acids is 2. The van der Waals surface area contributed by atoms with Crippen LogP contribution in [0.3, 0.4) is 0 Å². The highest BCUT2D eigenvalue weighted by Gasteiger charge is 2.46. The van der Waals surface area contributed by atoms with Gasteiger partial charge in [-0.25, -0.2) is 0 Å². The molecule has 3 aromatic carbocycles. The molecule has 0 radical (unpaired) electrons. The van der Waals surface area contributed by atoms with Gasteiger partial charge in [0.2, 0.25) is 5.91 Å². The van der Waals surface area contributed by atoms with Crippen molar-refractivity contribution in [3.63, 3.8) is 0 Å². The maximum Gasteiger partial charge on any atom is 0.254 e. The van der Waals surface area contributed by atoms with Crippen LogP contribution in [-0.4, -0.2) is 41.9 Å². The predicted octanol–water partition coefficient (Wildman–Crippen LogP) is 5.77. The Kier molecular flexibility index (Phi) is 8.22. The fraction of sp³-hybridized carbons (Fsp3) is 0.355. The van der Waals surface area contributed by atoms with Gasteiger partial charge in [0.05, 0.1) is 25.2 Å². The molecule has 1 fully saturated rings. The summed E-state index contributed by atoms with van der Waals surface area (Å²) in [6.45, 7) is 1.22. The largest absolute Gasteiger partial charge is 0.375 e. The molecule has 37 heavy (non-hydrogen) atoms. The lowest BCUT2D eigenvalue weighted by Crippen LogP contribution is -2.57. The first-order valence-electron chi connectivity index (χ1n) is 13.2. The topological polar surface area (TPSA) is 58.6 Å². The van der Waals surface area contributed by atoms with Crippen LogP contribution in [0.1, 0.15) is 58.6 Å². The molecule has 1 N–H and O–H groups in total. The molecule has 3 aromatic rings. The number of hydrogen-bond donors (Lipinski definition) is 1. The first-order chi connectivity index (χ1) is 18.1. The van der Waals surface area contributed by atoms with Crippen LogP contribution in [0.15, 0.2) is 78.9 Å². The van der Waals surface area contributed by atoms with E-state index in [0.717, 1.165) is 43.2 Å². The van der Waals surface area contributed by atoms with Gasteiger partial charge >= 0.3 is 0 Å². The van der Waals surface area contributed by atoms with Gasteiger partial charge < -0.3 is 15.0 Å². The maximum absolute atomic E-state index is 13.8. The quantitative estimate of drug-likeness (QED) is 0.393. The summed E-state index contributed by atoms with van der Waals surface area (Å²) in [7, 11) is 0. The average Bonchev–Trinajstić information content (AvgIpc) is 3.45. The molecule has 0 saturated heterocycles. The fourth-order valence-electron chi connectivity index (χ4n) is 5.69. The molecule has 1 saturated carbocycles. The Labute approximate surface area is 223 Å².